The lowest BCUT2D eigenvalue weighted by Gasteiger charge is -2.20. The molecule has 3 heteroatoms. The summed E-state index contributed by atoms with van der Waals surface area (Å²) in [6.07, 6.45) is 4.05. The zero-order valence-electron chi connectivity index (χ0n) is 12.1. The number of carbonyl (C=O) groups is 1. The van der Waals surface area contributed by atoms with Crippen LogP contribution in [0.2, 0.25) is 0 Å². The zero-order chi connectivity index (χ0) is 14.3. The van der Waals surface area contributed by atoms with Crippen molar-refractivity contribution < 1.29 is 4.79 Å². The molecule has 0 aliphatic rings. The molecule has 1 rings (SSSR count). The Labute approximate surface area is 116 Å². The van der Waals surface area contributed by atoms with Gasteiger partial charge >= 0.3 is 0 Å². The van der Waals surface area contributed by atoms with Gasteiger partial charge < -0.3 is 10.6 Å². The molecule has 3 nitrogen and oxygen atoms in total. The lowest BCUT2D eigenvalue weighted by Crippen LogP contribution is -2.28. The van der Waals surface area contributed by atoms with Gasteiger partial charge in [0.2, 0.25) is 5.91 Å². The van der Waals surface area contributed by atoms with Gasteiger partial charge in [0.1, 0.15) is 0 Å². The maximum absolute atomic E-state index is 11.1. The summed E-state index contributed by atoms with van der Waals surface area (Å²) < 4.78 is 0. The summed E-state index contributed by atoms with van der Waals surface area (Å²) in [5, 5.41) is 6.36. The van der Waals surface area contributed by atoms with Crippen LogP contribution in [0.25, 0.3) is 0 Å². The predicted molar refractivity (Wildman–Crippen MR) is 81.2 cm³/mol. The Balaban J connectivity index is 2.63. The molecule has 2 atom stereocenters. The van der Waals surface area contributed by atoms with Gasteiger partial charge in [-0.3, -0.25) is 4.79 Å². The molecule has 0 saturated carbocycles. The van der Waals surface area contributed by atoms with Crippen molar-refractivity contribution in [2.24, 2.45) is 0 Å². The Morgan fingerprint density at radius 2 is 2.16 bits per heavy atom. The Hall–Kier alpha value is -1.61. The SMILES string of the molecule is C=CCCC(C)NC(C)c1cccc(NC(C)=O)c1. The molecule has 104 valence electrons. The van der Waals surface area contributed by atoms with Crippen molar-refractivity contribution in [1.29, 1.82) is 0 Å². The third-order valence-corrected chi connectivity index (χ3v) is 3.05. The van der Waals surface area contributed by atoms with E-state index in [9.17, 15) is 4.79 Å². The van der Waals surface area contributed by atoms with E-state index in [1.165, 1.54) is 12.5 Å². The molecule has 2 N–H and O–H groups in total. The van der Waals surface area contributed by atoms with Gasteiger partial charge in [0.05, 0.1) is 0 Å². The van der Waals surface area contributed by atoms with Crippen molar-refractivity contribution >= 4 is 11.6 Å². The van der Waals surface area contributed by atoms with Crippen molar-refractivity contribution in [3.8, 4) is 0 Å². The van der Waals surface area contributed by atoms with Crippen LogP contribution >= 0.6 is 0 Å². The molecule has 0 saturated heterocycles. The van der Waals surface area contributed by atoms with Crippen LogP contribution in [-0.2, 0) is 4.79 Å². The largest absolute Gasteiger partial charge is 0.326 e. The first kappa shape index (κ1) is 15.4. The number of anilines is 1. The lowest BCUT2D eigenvalue weighted by molar-refractivity contribution is -0.114. The van der Waals surface area contributed by atoms with Crippen LogP contribution in [0.15, 0.2) is 36.9 Å². The van der Waals surface area contributed by atoms with Gasteiger partial charge in [-0.25, -0.2) is 0 Å². The minimum Gasteiger partial charge on any atom is -0.326 e. The summed E-state index contributed by atoms with van der Waals surface area (Å²) in [5.41, 5.74) is 2.02. The Bertz CT molecular complexity index is 429. The quantitative estimate of drug-likeness (QED) is 0.735. The average Bonchev–Trinajstić information content (AvgIpc) is 2.35. The molecular weight excluding hydrogens is 236 g/mol. The molecule has 1 amide bonds. The fourth-order valence-electron chi connectivity index (χ4n) is 2.06. The molecule has 0 spiro atoms. The first-order valence-corrected chi connectivity index (χ1v) is 6.77. The van der Waals surface area contributed by atoms with Crippen LogP contribution in [-0.4, -0.2) is 11.9 Å². The Morgan fingerprint density at radius 3 is 2.79 bits per heavy atom. The van der Waals surface area contributed by atoms with E-state index in [1.54, 1.807) is 0 Å². The summed E-state index contributed by atoms with van der Waals surface area (Å²) in [7, 11) is 0. The van der Waals surface area contributed by atoms with Crippen LogP contribution in [0.4, 0.5) is 5.69 Å². The van der Waals surface area contributed by atoms with Gasteiger partial charge in [-0.15, -0.1) is 6.58 Å². The van der Waals surface area contributed by atoms with Gasteiger partial charge in [-0.1, -0.05) is 18.2 Å². The number of benzene rings is 1. The van der Waals surface area contributed by atoms with Crippen LogP contribution in [0.1, 0.15) is 45.2 Å². The molecule has 0 bridgehead atoms. The zero-order valence-corrected chi connectivity index (χ0v) is 12.1. The smallest absolute Gasteiger partial charge is 0.221 e. The minimum absolute atomic E-state index is 0.0443. The first-order valence-electron chi connectivity index (χ1n) is 6.77. The Kier molecular flexibility index (Phi) is 6.30. The van der Waals surface area contributed by atoms with Crippen LogP contribution in [0, 0.1) is 0 Å². The highest BCUT2D eigenvalue weighted by Gasteiger charge is 2.09. The highest BCUT2D eigenvalue weighted by molar-refractivity contribution is 5.88. The molecule has 0 radical (unpaired) electrons. The summed E-state index contributed by atoms with van der Waals surface area (Å²) in [4.78, 5) is 11.1. The van der Waals surface area contributed by atoms with E-state index >= 15 is 0 Å². The van der Waals surface area contributed by atoms with Crippen molar-refractivity contribution in [1.82, 2.24) is 5.32 Å². The lowest BCUT2D eigenvalue weighted by atomic mass is 10.1. The predicted octanol–water partition coefficient (Wildman–Crippen LogP) is 3.65. The van der Waals surface area contributed by atoms with E-state index in [4.69, 9.17) is 0 Å². The second kappa shape index (κ2) is 7.74. The van der Waals surface area contributed by atoms with E-state index in [0.29, 0.717) is 6.04 Å². The van der Waals surface area contributed by atoms with E-state index < -0.39 is 0 Å². The summed E-state index contributed by atoms with van der Waals surface area (Å²) in [6.45, 7) is 9.58. The molecule has 1 aromatic carbocycles. The molecule has 0 aromatic heterocycles. The summed E-state index contributed by atoms with van der Waals surface area (Å²) in [5.74, 6) is -0.0443. The Morgan fingerprint density at radius 1 is 1.42 bits per heavy atom. The van der Waals surface area contributed by atoms with Gasteiger partial charge in [0, 0.05) is 24.7 Å². The van der Waals surface area contributed by atoms with Gasteiger partial charge in [0.25, 0.3) is 0 Å². The molecule has 19 heavy (non-hydrogen) atoms. The standard InChI is InChI=1S/C16H24N2O/c1-5-6-8-12(2)17-13(3)15-9-7-10-16(11-15)18-14(4)19/h5,7,9-13,17H,1,6,8H2,2-4H3,(H,18,19). The van der Waals surface area contributed by atoms with Crippen molar-refractivity contribution in [3.63, 3.8) is 0 Å². The number of hydrogen-bond donors (Lipinski definition) is 2. The summed E-state index contributed by atoms with van der Waals surface area (Å²) >= 11 is 0. The molecule has 0 aliphatic carbocycles. The second-order valence-electron chi connectivity index (χ2n) is 4.96. The molecule has 1 aromatic rings. The number of carbonyl (C=O) groups excluding carboxylic acids is 1. The molecule has 0 fully saturated rings. The first-order chi connectivity index (χ1) is 9.02. The van der Waals surface area contributed by atoms with Crippen molar-refractivity contribution in [2.45, 2.75) is 45.7 Å². The maximum atomic E-state index is 11.1. The van der Waals surface area contributed by atoms with Gasteiger partial charge in [0.15, 0.2) is 0 Å². The van der Waals surface area contributed by atoms with Crippen LogP contribution < -0.4 is 10.6 Å². The fraction of sp³-hybridized carbons (Fsp3) is 0.438. The van der Waals surface area contributed by atoms with E-state index in [-0.39, 0.29) is 11.9 Å². The van der Waals surface area contributed by atoms with E-state index in [1.807, 2.05) is 24.3 Å². The molecule has 0 aliphatic heterocycles. The molecule has 0 heterocycles. The monoisotopic (exact) mass is 260 g/mol. The molecular formula is C16H24N2O. The van der Waals surface area contributed by atoms with Crippen LogP contribution in [0.3, 0.4) is 0 Å². The average molecular weight is 260 g/mol. The highest BCUT2D eigenvalue weighted by Crippen LogP contribution is 2.18. The summed E-state index contributed by atoms with van der Waals surface area (Å²) in [6, 6.07) is 8.65. The fourth-order valence-corrected chi connectivity index (χ4v) is 2.06. The number of hydrogen-bond acceptors (Lipinski definition) is 2. The number of allylic oxidation sites excluding steroid dienone is 1. The van der Waals surface area contributed by atoms with E-state index in [2.05, 4.69) is 37.1 Å². The van der Waals surface area contributed by atoms with Crippen LogP contribution in [0.5, 0.6) is 0 Å². The second-order valence-corrected chi connectivity index (χ2v) is 4.96. The minimum atomic E-state index is -0.0443. The highest BCUT2D eigenvalue weighted by atomic mass is 16.1. The van der Waals surface area contributed by atoms with Gasteiger partial charge in [-0.2, -0.15) is 0 Å². The number of nitrogens with one attached hydrogen (secondary N) is 2. The molecule has 2 unspecified atom stereocenters. The van der Waals surface area contributed by atoms with Crippen molar-refractivity contribution in [2.75, 3.05) is 5.32 Å². The van der Waals surface area contributed by atoms with Crippen molar-refractivity contribution in [3.05, 3.63) is 42.5 Å². The topological polar surface area (TPSA) is 41.1 Å². The maximum Gasteiger partial charge on any atom is 0.221 e. The third kappa shape index (κ3) is 5.71. The van der Waals surface area contributed by atoms with Gasteiger partial charge in [-0.05, 0) is 44.4 Å². The number of rotatable bonds is 7. The normalized spacial score (nSPS) is 13.6. The third-order valence-electron chi connectivity index (χ3n) is 3.05. The number of amides is 1. The van der Waals surface area contributed by atoms with E-state index in [0.717, 1.165) is 18.5 Å².